The molecular weight excluding hydrogens is 246 g/mol. The minimum absolute atomic E-state index is 0.382. The molecule has 112 valence electrons. The molecule has 1 aliphatic rings. The molecule has 1 heterocycles. The Balaban J connectivity index is 2.12. The minimum atomic E-state index is 0.382. The third kappa shape index (κ3) is 3.21. The van der Waals surface area contributed by atoms with Gasteiger partial charge < -0.3 is 5.32 Å². The standard InChI is InChI=1S/C17H29N3/c1-6-20(12-14-9-7-8-13(2)19-14)15-10-11-17(3,4)16(15)18-5/h7-9,15-16,18H,6,10-12H2,1-5H3. The van der Waals surface area contributed by atoms with Gasteiger partial charge in [0.05, 0.1) is 5.69 Å². The molecule has 0 radical (unpaired) electrons. The number of aromatic nitrogens is 1. The second-order valence-corrected chi connectivity index (χ2v) is 6.69. The smallest absolute Gasteiger partial charge is 0.0547 e. The highest BCUT2D eigenvalue weighted by Crippen LogP contribution is 2.40. The molecule has 2 rings (SSSR count). The summed E-state index contributed by atoms with van der Waals surface area (Å²) in [6.07, 6.45) is 2.57. The first-order valence-electron chi connectivity index (χ1n) is 7.82. The summed E-state index contributed by atoms with van der Waals surface area (Å²) in [7, 11) is 2.10. The van der Waals surface area contributed by atoms with E-state index in [0.29, 0.717) is 17.5 Å². The van der Waals surface area contributed by atoms with E-state index in [4.69, 9.17) is 0 Å². The molecule has 0 aliphatic heterocycles. The Hall–Kier alpha value is -0.930. The van der Waals surface area contributed by atoms with Crippen molar-refractivity contribution >= 4 is 0 Å². The highest BCUT2D eigenvalue weighted by Gasteiger charge is 2.43. The van der Waals surface area contributed by atoms with Crippen LogP contribution in [0.4, 0.5) is 0 Å². The van der Waals surface area contributed by atoms with E-state index in [-0.39, 0.29) is 0 Å². The van der Waals surface area contributed by atoms with Crippen molar-refractivity contribution in [3.63, 3.8) is 0 Å². The SMILES string of the molecule is CCN(Cc1cccc(C)n1)C1CCC(C)(C)C1NC. The quantitative estimate of drug-likeness (QED) is 0.895. The number of hydrogen-bond donors (Lipinski definition) is 1. The first kappa shape index (κ1) is 15.5. The van der Waals surface area contributed by atoms with E-state index in [1.807, 2.05) is 0 Å². The highest BCUT2D eigenvalue weighted by atomic mass is 15.2. The molecule has 1 saturated carbocycles. The number of rotatable bonds is 5. The zero-order valence-electron chi connectivity index (χ0n) is 13.6. The number of nitrogens with one attached hydrogen (secondary N) is 1. The summed E-state index contributed by atoms with van der Waals surface area (Å²) in [6.45, 7) is 11.1. The summed E-state index contributed by atoms with van der Waals surface area (Å²) in [6, 6.07) is 7.49. The number of nitrogens with zero attached hydrogens (tertiary/aromatic N) is 2. The maximum atomic E-state index is 4.66. The Morgan fingerprint density at radius 3 is 2.75 bits per heavy atom. The molecule has 1 aromatic heterocycles. The van der Waals surface area contributed by atoms with Crippen LogP contribution in [0.1, 0.15) is 45.0 Å². The summed E-state index contributed by atoms with van der Waals surface area (Å²) in [4.78, 5) is 7.24. The summed E-state index contributed by atoms with van der Waals surface area (Å²) in [5.41, 5.74) is 2.68. The third-order valence-electron chi connectivity index (χ3n) is 4.81. The van der Waals surface area contributed by atoms with Gasteiger partial charge in [-0.15, -0.1) is 0 Å². The summed E-state index contributed by atoms with van der Waals surface area (Å²) < 4.78 is 0. The van der Waals surface area contributed by atoms with Gasteiger partial charge in [0, 0.05) is 24.3 Å². The van der Waals surface area contributed by atoms with Crippen LogP contribution in [0.25, 0.3) is 0 Å². The number of hydrogen-bond acceptors (Lipinski definition) is 3. The van der Waals surface area contributed by atoms with E-state index in [0.717, 1.165) is 18.8 Å². The Labute approximate surface area is 123 Å². The van der Waals surface area contributed by atoms with Gasteiger partial charge in [-0.25, -0.2) is 0 Å². The first-order valence-corrected chi connectivity index (χ1v) is 7.82. The lowest BCUT2D eigenvalue weighted by molar-refractivity contribution is 0.146. The van der Waals surface area contributed by atoms with E-state index >= 15 is 0 Å². The average Bonchev–Trinajstić information content (AvgIpc) is 2.71. The molecule has 3 heteroatoms. The molecule has 0 bridgehead atoms. The third-order valence-corrected chi connectivity index (χ3v) is 4.81. The fraction of sp³-hybridized carbons (Fsp3) is 0.706. The molecule has 2 unspecified atom stereocenters. The predicted octanol–water partition coefficient (Wildman–Crippen LogP) is 2.99. The fourth-order valence-electron chi connectivity index (χ4n) is 3.70. The largest absolute Gasteiger partial charge is 0.315 e. The van der Waals surface area contributed by atoms with Crippen molar-refractivity contribution in [2.24, 2.45) is 5.41 Å². The van der Waals surface area contributed by atoms with Crippen LogP contribution in [-0.2, 0) is 6.54 Å². The maximum absolute atomic E-state index is 4.66. The van der Waals surface area contributed by atoms with Gasteiger partial charge in [0.1, 0.15) is 0 Å². The lowest BCUT2D eigenvalue weighted by atomic mass is 9.86. The van der Waals surface area contributed by atoms with E-state index in [1.54, 1.807) is 0 Å². The van der Waals surface area contributed by atoms with Crippen LogP contribution in [0.15, 0.2) is 18.2 Å². The van der Waals surface area contributed by atoms with Crippen molar-refractivity contribution in [3.8, 4) is 0 Å². The minimum Gasteiger partial charge on any atom is -0.315 e. The molecule has 3 nitrogen and oxygen atoms in total. The van der Waals surface area contributed by atoms with Crippen molar-refractivity contribution in [2.75, 3.05) is 13.6 Å². The molecule has 0 amide bonds. The van der Waals surface area contributed by atoms with E-state index in [1.165, 1.54) is 18.5 Å². The lowest BCUT2D eigenvalue weighted by Crippen LogP contribution is -2.50. The van der Waals surface area contributed by atoms with Gasteiger partial charge in [-0.1, -0.05) is 26.8 Å². The van der Waals surface area contributed by atoms with Crippen LogP contribution in [0.3, 0.4) is 0 Å². The number of likely N-dealkylation sites (N-methyl/N-ethyl adjacent to an activating group) is 2. The lowest BCUT2D eigenvalue weighted by Gasteiger charge is -2.36. The Kier molecular flexibility index (Phi) is 4.82. The molecule has 1 aromatic rings. The predicted molar refractivity (Wildman–Crippen MR) is 84.7 cm³/mol. The molecule has 20 heavy (non-hydrogen) atoms. The molecule has 0 aromatic carbocycles. The van der Waals surface area contributed by atoms with Gasteiger partial charge >= 0.3 is 0 Å². The van der Waals surface area contributed by atoms with E-state index in [2.05, 4.69) is 68.1 Å². The van der Waals surface area contributed by atoms with E-state index < -0.39 is 0 Å². The Morgan fingerprint density at radius 2 is 2.15 bits per heavy atom. The van der Waals surface area contributed by atoms with Gasteiger partial charge in [-0.05, 0) is 50.9 Å². The van der Waals surface area contributed by atoms with Crippen LogP contribution in [0.5, 0.6) is 0 Å². The Morgan fingerprint density at radius 1 is 1.40 bits per heavy atom. The summed E-state index contributed by atoms with van der Waals surface area (Å²) >= 11 is 0. The fourth-order valence-corrected chi connectivity index (χ4v) is 3.70. The van der Waals surface area contributed by atoms with Gasteiger partial charge in [0.15, 0.2) is 0 Å². The van der Waals surface area contributed by atoms with Gasteiger partial charge in [-0.3, -0.25) is 9.88 Å². The van der Waals surface area contributed by atoms with Crippen molar-refractivity contribution in [2.45, 2.75) is 59.2 Å². The van der Waals surface area contributed by atoms with Crippen LogP contribution >= 0.6 is 0 Å². The average molecular weight is 275 g/mol. The molecule has 0 saturated heterocycles. The monoisotopic (exact) mass is 275 g/mol. The van der Waals surface area contributed by atoms with Crippen molar-refractivity contribution in [1.29, 1.82) is 0 Å². The van der Waals surface area contributed by atoms with Crippen LogP contribution in [-0.4, -0.2) is 35.6 Å². The molecule has 1 N–H and O–H groups in total. The van der Waals surface area contributed by atoms with Gasteiger partial charge in [-0.2, -0.15) is 0 Å². The maximum Gasteiger partial charge on any atom is 0.0547 e. The number of pyridine rings is 1. The zero-order valence-corrected chi connectivity index (χ0v) is 13.6. The molecule has 2 atom stereocenters. The number of aryl methyl sites for hydroxylation is 1. The van der Waals surface area contributed by atoms with Gasteiger partial charge in [0.25, 0.3) is 0 Å². The second-order valence-electron chi connectivity index (χ2n) is 6.69. The second kappa shape index (κ2) is 6.23. The van der Waals surface area contributed by atoms with Crippen molar-refractivity contribution < 1.29 is 0 Å². The first-order chi connectivity index (χ1) is 9.47. The molecule has 1 aliphatic carbocycles. The van der Waals surface area contributed by atoms with Crippen molar-refractivity contribution in [1.82, 2.24) is 15.2 Å². The topological polar surface area (TPSA) is 28.2 Å². The molecule has 0 spiro atoms. The van der Waals surface area contributed by atoms with Crippen LogP contribution < -0.4 is 5.32 Å². The van der Waals surface area contributed by atoms with Crippen LogP contribution in [0.2, 0.25) is 0 Å². The zero-order chi connectivity index (χ0) is 14.8. The molecule has 1 fully saturated rings. The van der Waals surface area contributed by atoms with Crippen LogP contribution in [0, 0.1) is 12.3 Å². The highest BCUT2D eigenvalue weighted by molar-refractivity contribution is 5.11. The summed E-state index contributed by atoms with van der Waals surface area (Å²) in [5, 5.41) is 3.55. The summed E-state index contributed by atoms with van der Waals surface area (Å²) in [5.74, 6) is 0. The Bertz CT molecular complexity index is 442. The van der Waals surface area contributed by atoms with Crippen molar-refractivity contribution in [3.05, 3.63) is 29.6 Å². The van der Waals surface area contributed by atoms with Gasteiger partial charge in [0.2, 0.25) is 0 Å². The molecular formula is C17H29N3. The normalized spacial score (nSPS) is 25.3. The van der Waals surface area contributed by atoms with E-state index in [9.17, 15) is 0 Å².